The molecule has 0 bridgehead atoms. The first-order valence-electron chi connectivity index (χ1n) is 5.76. The number of nitrogens with one attached hydrogen (secondary N) is 1. The highest BCUT2D eigenvalue weighted by Crippen LogP contribution is 2.33. The summed E-state index contributed by atoms with van der Waals surface area (Å²) in [5.74, 6) is -0.956. The van der Waals surface area contributed by atoms with Gasteiger partial charge in [-0.05, 0) is 25.0 Å². The van der Waals surface area contributed by atoms with E-state index in [9.17, 15) is 8.78 Å². The third-order valence-electron chi connectivity index (χ3n) is 3.48. The molecule has 2 atom stereocenters. The topological polar surface area (TPSA) is 54.7 Å². The lowest BCUT2D eigenvalue weighted by molar-refractivity contribution is 0.515. The molecule has 1 fully saturated rings. The summed E-state index contributed by atoms with van der Waals surface area (Å²) < 4.78 is 26.6. The summed E-state index contributed by atoms with van der Waals surface area (Å²) in [6.07, 6.45) is 2.96. The molecule has 3 nitrogen and oxygen atoms in total. The Balaban J connectivity index is 2.10. The van der Waals surface area contributed by atoms with Gasteiger partial charge in [-0.1, -0.05) is 6.42 Å². The van der Waals surface area contributed by atoms with Gasteiger partial charge in [-0.15, -0.1) is 0 Å². The van der Waals surface area contributed by atoms with E-state index in [0.29, 0.717) is 11.3 Å². The average molecular weight is 237 g/mol. The van der Waals surface area contributed by atoms with Gasteiger partial charge in [0.15, 0.2) is 11.6 Å². The standard InChI is InChI=1S/C12H13F2N3/c13-7-4-5-9-11(10(7)14)17-12(16-9)6-2-1-3-8(6)15/h4-6,8H,1-3,15H2,(H,16,17). The third kappa shape index (κ3) is 1.61. The van der Waals surface area contributed by atoms with Crippen LogP contribution in [0.15, 0.2) is 12.1 Å². The highest BCUT2D eigenvalue weighted by atomic mass is 19.2. The van der Waals surface area contributed by atoms with E-state index in [4.69, 9.17) is 5.73 Å². The van der Waals surface area contributed by atoms with Gasteiger partial charge in [0, 0.05) is 12.0 Å². The molecule has 3 N–H and O–H groups in total. The summed E-state index contributed by atoms with van der Waals surface area (Å²) in [7, 11) is 0. The predicted octanol–water partition coefficient (Wildman–Crippen LogP) is 2.44. The Bertz CT molecular complexity index is 564. The second-order valence-electron chi connectivity index (χ2n) is 4.58. The fourth-order valence-electron chi connectivity index (χ4n) is 2.54. The van der Waals surface area contributed by atoms with E-state index >= 15 is 0 Å². The highest BCUT2D eigenvalue weighted by Gasteiger charge is 2.28. The van der Waals surface area contributed by atoms with Gasteiger partial charge in [0.05, 0.1) is 5.52 Å². The van der Waals surface area contributed by atoms with E-state index in [1.807, 2.05) is 0 Å². The van der Waals surface area contributed by atoms with Crippen molar-refractivity contribution in [3.05, 3.63) is 29.6 Å². The van der Waals surface area contributed by atoms with Crippen LogP contribution in [0.25, 0.3) is 11.0 Å². The van der Waals surface area contributed by atoms with E-state index in [0.717, 1.165) is 25.3 Å². The van der Waals surface area contributed by atoms with Crippen LogP contribution in [0, 0.1) is 11.6 Å². The molecule has 2 aromatic rings. The van der Waals surface area contributed by atoms with Crippen molar-refractivity contribution in [1.29, 1.82) is 0 Å². The first-order valence-corrected chi connectivity index (χ1v) is 5.76. The third-order valence-corrected chi connectivity index (χ3v) is 3.48. The number of aromatic nitrogens is 2. The van der Waals surface area contributed by atoms with Gasteiger partial charge in [0.2, 0.25) is 0 Å². The van der Waals surface area contributed by atoms with E-state index in [-0.39, 0.29) is 17.5 Å². The fraction of sp³-hybridized carbons (Fsp3) is 0.417. The van der Waals surface area contributed by atoms with Crippen LogP contribution in [0.2, 0.25) is 0 Å². The molecule has 1 heterocycles. The molecule has 1 saturated carbocycles. The minimum atomic E-state index is -0.892. The van der Waals surface area contributed by atoms with Crippen LogP contribution in [-0.4, -0.2) is 16.0 Å². The molecular formula is C12H13F2N3. The van der Waals surface area contributed by atoms with Crippen LogP contribution in [0.5, 0.6) is 0 Å². The Morgan fingerprint density at radius 3 is 2.82 bits per heavy atom. The SMILES string of the molecule is NC1CCCC1c1nc2c(F)c(F)ccc2[nH]1. The van der Waals surface area contributed by atoms with Crippen LogP contribution in [0.1, 0.15) is 31.0 Å². The first kappa shape index (κ1) is 10.7. The van der Waals surface area contributed by atoms with Crippen LogP contribution < -0.4 is 5.73 Å². The fourth-order valence-corrected chi connectivity index (χ4v) is 2.54. The van der Waals surface area contributed by atoms with Crippen molar-refractivity contribution in [2.75, 3.05) is 0 Å². The lowest BCUT2D eigenvalue weighted by atomic mass is 10.0. The average Bonchev–Trinajstić information content (AvgIpc) is 2.89. The molecule has 1 aromatic carbocycles. The molecule has 1 aromatic heterocycles. The minimum Gasteiger partial charge on any atom is -0.342 e. The zero-order valence-electron chi connectivity index (χ0n) is 9.21. The Hall–Kier alpha value is -1.49. The van der Waals surface area contributed by atoms with Crippen LogP contribution in [0.4, 0.5) is 8.78 Å². The highest BCUT2D eigenvalue weighted by molar-refractivity contribution is 5.75. The van der Waals surface area contributed by atoms with Crippen molar-refractivity contribution in [3.8, 4) is 0 Å². The smallest absolute Gasteiger partial charge is 0.186 e. The first-order chi connectivity index (χ1) is 8.16. The number of nitrogens with two attached hydrogens (primary N) is 1. The lowest BCUT2D eigenvalue weighted by Crippen LogP contribution is -2.23. The predicted molar refractivity (Wildman–Crippen MR) is 60.6 cm³/mol. The van der Waals surface area contributed by atoms with Crippen LogP contribution in [0.3, 0.4) is 0 Å². The zero-order chi connectivity index (χ0) is 12.0. The minimum absolute atomic E-state index is 0.0588. The largest absolute Gasteiger partial charge is 0.342 e. The summed E-state index contributed by atoms with van der Waals surface area (Å²) >= 11 is 0. The number of halogens is 2. The number of benzene rings is 1. The Morgan fingerprint density at radius 1 is 1.29 bits per heavy atom. The number of aromatic amines is 1. The Morgan fingerprint density at radius 2 is 2.12 bits per heavy atom. The molecule has 1 aliphatic rings. The molecule has 0 saturated heterocycles. The quantitative estimate of drug-likeness (QED) is 0.800. The zero-order valence-corrected chi connectivity index (χ0v) is 9.21. The molecule has 5 heteroatoms. The summed E-state index contributed by atoms with van der Waals surface area (Å²) in [5.41, 5.74) is 6.57. The number of imidazole rings is 1. The number of fused-ring (bicyclic) bond motifs is 1. The van der Waals surface area contributed by atoms with Crippen molar-refractivity contribution in [2.24, 2.45) is 5.73 Å². The summed E-state index contributed by atoms with van der Waals surface area (Å²) in [6.45, 7) is 0. The van der Waals surface area contributed by atoms with Crippen molar-refractivity contribution in [3.63, 3.8) is 0 Å². The molecule has 17 heavy (non-hydrogen) atoms. The second-order valence-corrected chi connectivity index (χ2v) is 4.58. The Kier molecular flexibility index (Phi) is 2.36. The molecule has 3 rings (SSSR count). The molecule has 0 spiro atoms. The van der Waals surface area contributed by atoms with E-state index in [2.05, 4.69) is 9.97 Å². The number of rotatable bonds is 1. The van der Waals surface area contributed by atoms with Gasteiger partial charge in [-0.3, -0.25) is 0 Å². The molecule has 90 valence electrons. The van der Waals surface area contributed by atoms with E-state index in [1.165, 1.54) is 6.07 Å². The lowest BCUT2D eigenvalue weighted by Gasteiger charge is -2.11. The van der Waals surface area contributed by atoms with Crippen LogP contribution in [-0.2, 0) is 0 Å². The van der Waals surface area contributed by atoms with Crippen molar-refractivity contribution in [2.45, 2.75) is 31.2 Å². The van der Waals surface area contributed by atoms with Gasteiger partial charge in [0.1, 0.15) is 11.3 Å². The Labute approximate surface area is 97.0 Å². The summed E-state index contributed by atoms with van der Waals surface area (Å²) in [4.78, 5) is 7.19. The van der Waals surface area contributed by atoms with Crippen LogP contribution >= 0.6 is 0 Å². The van der Waals surface area contributed by atoms with Gasteiger partial charge in [0.25, 0.3) is 0 Å². The summed E-state index contributed by atoms with van der Waals surface area (Å²) in [5, 5.41) is 0. The molecule has 1 aliphatic carbocycles. The second kappa shape index (κ2) is 3.77. The maximum absolute atomic E-state index is 13.5. The van der Waals surface area contributed by atoms with Gasteiger partial charge < -0.3 is 10.7 Å². The molecule has 2 unspecified atom stereocenters. The molecule has 0 radical (unpaired) electrons. The molecule has 0 amide bonds. The van der Waals surface area contributed by atoms with E-state index < -0.39 is 11.6 Å². The number of hydrogen-bond acceptors (Lipinski definition) is 2. The maximum atomic E-state index is 13.5. The summed E-state index contributed by atoms with van der Waals surface area (Å²) in [6, 6.07) is 2.67. The van der Waals surface area contributed by atoms with Gasteiger partial charge >= 0.3 is 0 Å². The number of nitrogens with zero attached hydrogens (tertiary/aromatic N) is 1. The van der Waals surface area contributed by atoms with Gasteiger partial charge in [-0.2, -0.15) is 0 Å². The van der Waals surface area contributed by atoms with E-state index in [1.54, 1.807) is 0 Å². The number of hydrogen-bond donors (Lipinski definition) is 2. The molecular weight excluding hydrogens is 224 g/mol. The van der Waals surface area contributed by atoms with Crippen molar-refractivity contribution in [1.82, 2.24) is 9.97 Å². The monoisotopic (exact) mass is 237 g/mol. The van der Waals surface area contributed by atoms with Crippen molar-refractivity contribution >= 4 is 11.0 Å². The normalized spacial score (nSPS) is 24.6. The van der Waals surface area contributed by atoms with Gasteiger partial charge in [-0.25, -0.2) is 13.8 Å². The van der Waals surface area contributed by atoms with Crippen molar-refractivity contribution < 1.29 is 8.78 Å². The maximum Gasteiger partial charge on any atom is 0.186 e. The molecule has 0 aliphatic heterocycles. The number of H-pyrrole nitrogens is 1.